The Hall–Kier alpha value is -7.20. The van der Waals surface area contributed by atoms with Gasteiger partial charge in [-0.3, -0.25) is 0 Å². The molecule has 0 amide bonds. The van der Waals surface area contributed by atoms with Crippen LogP contribution in [0.15, 0.2) is 182 Å². The minimum Gasteiger partial charge on any atom is -0.309 e. The van der Waals surface area contributed by atoms with Crippen LogP contribution in [-0.2, 0) is 10.8 Å². The van der Waals surface area contributed by atoms with Gasteiger partial charge in [0.25, 0.3) is 0 Å². The third-order valence-electron chi connectivity index (χ3n) is 15.9. The van der Waals surface area contributed by atoms with Gasteiger partial charge in [0.2, 0.25) is 0 Å². The number of aromatic nitrogens is 2. The molecular formula is C67H58N2S. The first kappa shape index (κ1) is 42.9. The molecule has 2 nitrogen and oxygen atoms in total. The fourth-order valence-electron chi connectivity index (χ4n) is 12.0. The van der Waals surface area contributed by atoms with Crippen LogP contribution in [0.5, 0.6) is 0 Å². The van der Waals surface area contributed by atoms with Crippen LogP contribution in [0.25, 0.3) is 109 Å². The Morgan fingerprint density at radius 2 is 0.857 bits per heavy atom. The Kier molecular flexibility index (Phi) is 9.59. The fraction of sp³-hybridized carbons (Fsp3) is 0.194. The molecule has 2 atom stereocenters. The van der Waals surface area contributed by atoms with Crippen LogP contribution in [0.4, 0.5) is 0 Å². The predicted octanol–water partition coefficient (Wildman–Crippen LogP) is 19.5. The van der Waals surface area contributed by atoms with Gasteiger partial charge in [-0.25, -0.2) is 0 Å². The van der Waals surface area contributed by atoms with Crippen molar-refractivity contribution >= 4 is 75.1 Å². The van der Waals surface area contributed by atoms with Crippen molar-refractivity contribution in [3.63, 3.8) is 0 Å². The smallest absolute Gasteiger partial charge is 0.0541 e. The lowest BCUT2D eigenvalue weighted by atomic mass is 9.71. The van der Waals surface area contributed by atoms with Gasteiger partial charge in [0, 0.05) is 53.1 Å². The summed E-state index contributed by atoms with van der Waals surface area (Å²) in [6.45, 7) is 18.6. The van der Waals surface area contributed by atoms with Crippen molar-refractivity contribution in [1.82, 2.24) is 9.13 Å². The molecule has 0 spiro atoms. The van der Waals surface area contributed by atoms with Gasteiger partial charge in [0.05, 0.1) is 22.1 Å². The topological polar surface area (TPSA) is 9.86 Å². The molecule has 9 aromatic carbocycles. The van der Waals surface area contributed by atoms with E-state index in [9.17, 15) is 0 Å². The average molecular weight is 923 g/mol. The number of benzene rings is 9. The average Bonchev–Trinajstić information content (AvgIpc) is 4.02. The normalized spacial score (nSPS) is 15.2. The highest BCUT2D eigenvalue weighted by molar-refractivity contribution is 7.25. The zero-order chi connectivity index (χ0) is 47.8. The molecule has 2 unspecified atom stereocenters. The zero-order valence-corrected chi connectivity index (χ0v) is 42.3. The van der Waals surface area contributed by atoms with Crippen LogP contribution in [-0.4, -0.2) is 9.13 Å². The maximum Gasteiger partial charge on any atom is 0.0541 e. The summed E-state index contributed by atoms with van der Waals surface area (Å²) >= 11 is 1.89. The van der Waals surface area contributed by atoms with E-state index >= 15 is 0 Å². The minimum atomic E-state index is 0.0219. The van der Waals surface area contributed by atoms with Gasteiger partial charge in [-0.2, -0.15) is 0 Å². The maximum atomic E-state index is 2.51. The molecule has 3 aromatic heterocycles. The van der Waals surface area contributed by atoms with E-state index < -0.39 is 0 Å². The quantitative estimate of drug-likeness (QED) is 0.163. The van der Waals surface area contributed by atoms with E-state index in [4.69, 9.17) is 0 Å². The highest BCUT2D eigenvalue weighted by Gasteiger charge is 2.30. The molecule has 342 valence electrons. The monoisotopic (exact) mass is 922 g/mol. The van der Waals surface area contributed by atoms with Gasteiger partial charge in [-0.05, 0) is 182 Å². The molecule has 12 aromatic rings. The Morgan fingerprint density at radius 1 is 0.400 bits per heavy atom. The summed E-state index contributed by atoms with van der Waals surface area (Å²) in [5, 5.41) is 7.77. The van der Waals surface area contributed by atoms with Gasteiger partial charge in [0.15, 0.2) is 0 Å². The molecule has 0 radical (unpaired) electrons. The van der Waals surface area contributed by atoms with Crippen LogP contribution in [0.3, 0.4) is 0 Å². The summed E-state index contributed by atoms with van der Waals surface area (Å²) in [5.41, 5.74) is 20.7. The van der Waals surface area contributed by atoms with E-state index in [1.54, 1.807) is 0 Å². The third-order valence-corrected chi connectivity index (χ3v) is 17.0. The van der Waals surface area contributed by atoms with E-state index in [-0.39, 0.29) is 10.8 Å². The first-order valence-electron chi connectivity index (χ1n) is 25.3. The third kappa shape index (κ3) is 6.65. The van der Waals surface area contributed by atoms with Crippen molar-refractivity contribution in [3.05, 3.63) is 204 Å². The summed E-state index contributed by atoms with van der Waals surface area (Å²) < 4.78 is 7.56. The summed E-state index contributed by atoms with van der Waals surface area (Å²) in [6.07, 6.45) is 1.13. The Bertz CT molecular complexity index is 4090. The summed E-state index contributed by atoms with van der Waals surface area (Å²) in [6, 6.07) is 69.8. The zero-order valence-electron chi connectivity index (χ0n) is 41.5. The van der Waals surface area contributed by atoms with Crippen molar-refractivity contribution in [2.75, 3.05) is 0 Å². The standard InChI is InChI=1S/C67H58N2S/c1-9-49-40(2)50-17-13-14-18-51(50)53-39-48(25-26-52(49)53)69-61-28-20-42(34-55(61)57-38-46(67(6,7)8)24-30-63(57)69)44-22-32-65-59(36-44)58-35-43(21-31-64(58)70-65)41-19-27-60-54(33-41)56-37-45(66(3,4)5)23-29-62(56)68(60)47-15-11-10-12-16-47/h10-40,49H,9H2,1-8H3. The number of fused-ring (bicyclic) bond motifs is 12. The van der Waals surface area contributed by atoms with Crippen LogP contribution < -0.4 is 0 Å². The largest absolute Gasteiger partial charge is 0.309 e. The maximum absolute atomic E-state index is 2.51. The van der Waals surface area contributed by atoms with Crippen molar-refractivity contribution in [1.29, 1.82) is 0 Å². The summed E-state index contributed by atoms with van der Waals surface area (Å²) in [7, 11) is 0. The summed E-state index contributed by atoms with van der Waals surface area (Å²) in [5.74, 6) is 0.998. The SMILES string of the molecule is CCC1c2ccc(-n3c4ccc(-c5ccc6sc7ccc(-c8ccc9c(c8)c8cc(C(C)(C)C)ccc8n9-c8ccccc8)cc7c6c5)cc4c4cc(C(C)(C)C)ccc43)cc2-c2ccccc2C1C. The number of thiophene rings is 1. The number of hydrogen-bond acceptors (Lipinski definition) is 1. The predicted molar refractivity (Wildman–Crippen MR) is 303 cm³/mol. The van der Waals surface area contributed by atoms with Crippen molar-refractivity contribution in [2.24, 2.45) is 0 Å². The van der Waals surface area contributed by atoms with Crippen LogP contribution in [0.1, 0.15) is 95.9 Å². The van der Waals surface area contributed by atoms with Crippen LogP contribution >= 0.6 is 11.3 Å². The van der Waals surface area contributed by atoms with E-state index in [1.807, 2.05) is 11.3 Å². The summed E-state index contributed by atoms with van der Waals surface area (Å²) in [4.78, 5) is 0. The van der Waals surface area contributed by atoms with E-state index in [1.165, 1.54) is 131 Å². The lowest BCUT2D eigenvalue weighted by Crippen LogP contribution is -2.15. The molecule has 0 saturated carbocycles. The lowest BCUT2D eigenvalue weighted by Gasteiger charge is -2.33. The first-order valence-corrected chi connectivity index (χ1v) is 26.1. The molecule has 0 fully saturated rings. The molecule has 0 saturated heterocycles. The molecule has 70 heavy (non-hydrogen) atoms. The molecule has 1 aliphatic rings. The molecule has 3 heterocycles. The molecule has 0 aliphatic heterocycles. The minimum absolute atomic E-state index is 0.0219. The van der Waals surface area contributed by atoms with Gasteiger partial charge in [-0.15, -0.1) is 11.3 Å². The first-order chi connectivity index (χ1) is 33.8. The lowest BCUT2D eigenvalue weighted by molar-refractivity contribution is 0.553. The Labute approximate surface area is 415 Å². The van der Waals surface area contributed by atoms with Gasteiger partial charge in [0.1, 0.15) is 0 Å². The molecule has 1 aliphatic carbocycles. The fourth-order valence-corrected chi connectivity index (χ4v) is 13.1. The highest BCUT2D eigenvalue weighted by Crippen LogP contribution is 2.50. The Balaban J connectivity index is 0.942. The highest BCUT2D eigenvalue weighted by atomic mass is 32.1. The van der Waals surface area contributed by atoms with Crippen LogP contribution in [0, 0.1) is 0 Å². The van der Waals surface area contributed by atoms with Crippen molar-refractivity contribution < 1.29 is 0 Å². The number of para-hydroxylation sites is 1. The number of rotatable bonds is 5. The van der Waals surface area contributed by atoms with E-state index in [2.05, 4.69) is 247 Å². The van der Waals surface area contributed by atoms with E-state index in [0.717, 1.165) is 6.42 Å². The second-order valence-corrected chi connectivity index (χ2v) is 23.2. The molecule has 0 N–H and O–H groups in total. The second kappa shape index (κ2) is 15.7. The Morgan fingerprint density at radius 3 is 1.39 bits per heavy atom. The van der Waals surface area contributed by atoms with Crippen molar-refractivity contribution in [3.8, 4) is 44.8 Å². The molecule has 3 heteroatoms. The van der Waals surface area contributed by atoms with Gasteiger partial charge >= 0.3 is 0 Å². The van der Waals surface area contributed by atoms with Gasteiger partial charge in [-0.1, -0.05) is 140 Å². The number of hydrogen-bond donors (Lipinski definition) is 0. The van der Waals surface area contributed by atoms with Crippen LogP contribution in [0.2, 0.25) is 0 Å². The molecule has 0 bridgehead atoms. The van der Waals surface area contributed by atoms with Gasteiger partial charge < -0.3 is 9.13 Å². The van der Waals surface area contributed by atoms with E-state index in [0.29, 0.717) is 11.8 Å². The number of nitrogens with zero attached hydrogens (tertiary/aromatic N) is 2. The molecule has 13 rings (SSSR count). The van der Waals surface area contributed by atoms with Crippen molar-refractivity contribution in [2.45, 2.75) is 84.5 Å². The second-order valence-electron chi connectivity index (χ2n) is 22.1. The molecular weight excluding hydrogens is 865 g/mol.